The fourth-order valence-corrected chi connectivity index (χ4v) is 1.25. The first-order valence-corrected chi connectivity index (χ1v) is 5.48. The van der Waals surface area contributed by atoms with E-state index in [2.05, 4.69) is 17.6 Å². The van der Waals surface area contributed by atoms with Crippen molar-refractivity contribution in [3.8, 4) is 0 Å². The van der Waals surface area contributed by atoms with Crippen LogP contribution in [0.4, 0.5) is 10.1 Å². The highest BCUT2D eigenvalue weighted by molar-refractivity contribution is 5.80. The predicted octanol–water partition coefficient (Wildman–Crippen LogP) is 2.15. The number of amides is 1. The summed E-state index contributed by atoms with van der Waals surface area (Å²) in [6.45, 7) is 2.94. The molecule has 0 saturated heterocycles. The summed E-state index contributed by atoms with van der Waals surface area (Å²) in [6.07, 6.45) is 2.03. The molecule has 0 heterocycles. The number of unbranched alkanes of at least 4 members (excludes halogenated alkanes) is 1. The minimum atomic E-state index is -0.309. The molecule has 0 aliphatic heterocycles. The van der Waals surface area contributed by atoms with Crippen LogP contribution in [0.3, 0.4) is 0 Å². The number of hydrogen-bond donors (Lipinski definition) is 2. The third kappa shape index (κ3) is 4.77. The van der Waals surface area contributed by atoms with Crippen LogP contribution < -0.4 is 10.6 Å². The maximum absolute atomic E-state index is 12.8. The molecule has 0 bridgehead atoms. The Hall–Kier alpha value is -1.58. The lowest BCUT2D eigenvalue weighted by Crippen LogP contribution is -2.30. The van der Waals surface area contributed by atoms with Crippen molar-refractivity contribution in [2.45, 2.75) is 19.8 Å². The number of nitrogens with one attached hydrogen (secondary N) is 2. The maximum atomic E-state index is 12.8. The molecule has 16 heavy (non-hydrogen) atoms. The molecule has 0 saturated carbocycles. The third-order valence-electron chi connectivity index (χ3n) is 2.13. The van der Waals surface area contributed by atoms with Crippen molar-refractivity contribution in [2.24, 2.45) is 0 Å². The molecule has 0 aliphatic carbocycles. The van der Waals surface area contributed by atoms with Crippen LogP contribution in [-0.2, 0) is 4.79 Å². The maximum Gasteiger partial charge on any atom is 0.239 e. The lowest BCUT2D eigenvalue weighted by atomic mass is 10.3. The van der Waals surface area contributed by atoms with Gasteiger partial charge in [0.1, 0.15) is 5.82 Å². The minimum Gasteiger partial charge on any atom is -0.376 e. The van der Waals surface area contributed by atoms with Crippen molar-refractivity contribution in [3.05, 3.63) is 30.1 Å². The number of anilines is 1. The highest BCUT2D eigenvalue weighted by Gasteiger charge is 2.00. The summed E-state index contributed by atoms with van der Waals surface area (Å²) in [5, 5.41) is 5.63. The highest BCUT2D eigenvalue weighted by Crippen LogP contribution is 2.07. The summed E-state index contributed by atoms with van der Waals surface area (Å²) in [4.78, 5) is 11.3. The van der Waals surface area contributed by atoms with E-state index in [1.54, 1.807) is 12.1 Å². The molecular weight excluding hydrogens is 207 g/mol. The standard InChI is InChI=1S/C12H17FN2O/c1-2-3-7-14-12(16)9-15-11-6-4-5-10(13)8-11/h4-6,8,15H,2-3,7,9H2,1H3,(H,14,16). The zero-order valence-corrected chi connectivity index (χ0v) is 9.42. The first-order valence-electron chi connectivity index (χ1n) is 5.48. The Morgan fingerprint density at radius 3 is 2.94 bits per heavy atom. The van der Waals surface area contributed by atoms with Crippen LogP contribution in [0.15, 0.2) is 24.3 Å². The van der Waals surface area contributed by atoms with Crippen LogP contribution in [-0.4, -0.2) is 19.0 Å². The monoisotopic (exact) mass is 224 g/mol. The second kappa shape index (κ2) is 6.82. The average molecular weight is 224 g/mol. The SMILES string of the molecule is CCCCNC(=O)CNc1cccc(F)c1. The summed E-state index contributed by atoms with van der Waals surface area (Å²) in [5.74, 6) is -0.380. The molecule has 3 nitrogen and oxygen atoms in total. The molecule has 1 aromatic carbocycles. The molecular formula is C12H17FN2O. The van der Waals surface area contributed by atoms with E-state index in [-0.39, 0.29) is 18.3 Å². The van der Waals surface area contributed by atoms with Crippen molar-refractivity contribution in [2.75, 3.05) is 18.4 Å². The van der Waals surface area contributed by atoms with Gasteiger partial charge in [-0.3, -0.25) is 4.79 Å². The Morgan fingerprint density at radius 1 is 1.44 bits per heavy atom. The van der Waals surface area contributed by atoms with E-state index in [9.17, 15) is 9.18 Å². The quantitative estimate of drug-likeness (QED) is 0.727. The Balaban J connectivity index is 2.26. The van der Waals surface area contributed by atoms with Crippen molar-refractivity contribution < 1.29 is 9.18 Å². The molecule has 0 spiro atoms. The highest BCUT2D eigenvalue weighted by atomic mass is 19.1. The molecule has 0 fully saturated rings. The number of rotatable bonds is 6. The molecule has 4 heteroatoms. The van der Waals surface area contributed by atoms with E-state index in [0.717, 1.165) is 12.8 Å². The van der Waals surface area contributed by atoms with E-state index in [0.29, 0.717) is 12.2 Å². The summed E-state index contributed by atoms with van der Waals surface area (Å²) < 4.78 is 12.8. The molecule has 0 radical (unpaired) electrons. The lowest BCUT2D eigenvalue weighted by Gasteiger charge is -2.07. The van der Waals surface area contributed by atoms with Gasteiger partial charge in [-0.2, -0.15) is 0 Å². The summed E-state index contributed by atoms with van der Waals surface area (Å²) >= 11 is 0. The van der Waals surface area contributed by atoms with Gasteiger partial charge >= 0.3 is 0 Å². The average Bonchev–Trinajstić information content (AvgIpc) is 2.27. The Bertz CT molecular complexity index is 342. The van der Waals surface area contributed by atoms with E-state index in [1.807, 2.05) is 0 Å². The molecule has 1 amide bonds. The van der Waals surface area contributed by atoms with Crippen LogP contribution in [0.2, 0.25) is 0 Å². The van der Waals surface area contributed by atoms with Crippen molar-refractivity contribution in [1.82, 2.24) is 5.32 Å². The molecule has 0 aromatic heterocycles. The fourth-order valence-electron chi connectivity index (χ4n) is 1.25. The number of carbonyl (C=O) groups is 1. The first kappa shape index (κ1) is 12.5. The van der Waals surface area contributed by atoms with Gasteiger partial charge in [-0.15, -0.1) is 0 Å². The zero-order chi connectivity index (χ0) is 11.8. The number of carbonyl (C=O) groups excluding carboxylic acids is 1. The summed E-state index contributed by atoms with van der Waals surface area (Å²) in [5.41, 5.74) is 0.616. The molecule has 2 N–H and O–H groups in total. The normalized spacial score (nSPS) is 9.88. The van der Waals surface area contributed by atoms with E-state index < -0.39 is 0 Å². The first-order chi connectivity index (χ1) is 7.72. The van der Waals surface area contributed by atoms with Crippen LogP contribution >= 0.6 is 0 Å². The molecule has 0 aliphatic rings. The van der Waals surface area contributed by atoms with Crippen LogP contribution in [0.25, 0.3) is 0 Å². The van der Waals surface area contributed by atoms with Gasteiger partial charge in [-0.25, -0.2) is 4.39 Å². The smallest absolute Gasteiger partial charge is 0.239 e. The fraction of sp³-hybridized carbons (Fsp3) is 0.417. The molecule has 1 rings (SSSR count). The van der Waals surface area contributed by atoms with Gasteiger partial charge < -0.3 is 10.6 Å². The van der Waals surface area contributed by atoms with Gasteiger partial charge in [0.05, 0.1) is 6.54 Å². The lowest BCUT2D eigenvalue weighted by molar-refractivity contribution is -0.119. The van der Waals surface area contributed by atoms with Gasteiger partial charge in [0.2, 0.25) is 5.91 Å². The zero-order valence-electron chi connectivity index (χ0n) is 9.42. The number of halogens is 1. The Morgan fingerprint density at radius 2 is 2.25 bits per heavy atom. The van der Waals surface area contributed by atoms with Gasteiger partial charge in [0, 0.05) is 12.2 Å². The molecule has 1 aromatic rings. The van der Waals surface area contributed by atoms with Crippen LogP contribution in [0, 0.1) is 5.82 Å². The van der Waals surface area contributed by atoms with Gasteiger partial charge in [0.15, 0.2) is 0 Å². The van der Waals surface area contributed by atoms with Crippen molar-refractivity contribution >= 4 is 11.6 Å². The van der Waals surface area contributed by atoms with Gasteiger partial charge in [-0.05, 0) is 24.6 Å². The minimum absolute atomic E-state index is 0.0716. The topological polar surface area (TPSA) is 41.1 Å². The van der Waals surface area contributed by atoms with Gasteiger partial charge in [0.25, 0.3) is 0 Å². The molecule has 0 unspecified atom stereocenters. The third-order valence-corrected chi connectivity index (χ3v) is 2.13. The predicted molar refractivity (Wildman–Crippen MR) is 62.8 cm³/mol. The number of hydrogen-bond acceptors (Lipinski definition) is 2. The summed E-state index contributed by atoms with van der Waals surface area (Å²) in [7, 11) is 0. The Labute approximate surface area is 95.0 Å². The van der Waals surface area contributed by atoms with Crippen LogP contribution in [0.5, 0.6) is 0 Å². The van der Waals surface area contributed by atoms with E-state index in [1.165, 1.54) is 12.1 Å². The van der Waals surface area contributed by atoms with E-state index >= 15 is 0 Å². The van der Waals surface area contributed by atoms with Gasteiger partial charge in [-0.1, -0.05) is 19.4 Å². The molecule has 88 valence electrons. The van der Waals surface area contributed by atoms with Crippen molar-refractivity contribution in [1.29, 1.82) is 0 Å². The number of benzene rings is 1. The summed E-state index contributed by atoms with van der Waals surface area (Å²) in [6, 6.07) is 6.06. The van der Waals surface area contributed by atoms with Crippen molar-refractivity contribution in [3.63, 3.8) is 0 Å². The second-order valence-corrected chi connectivity index (χ2v) is 3.57. The molecule has 0 atom stereocenters. The van der Waals surface area contributed by atoms with Crippen LogP contribution in [0.1, 0.15) is 19.8 Å². The second-order valence-electron chi connectivity index (χ2n) is 3.57. The Kier molecular flexibility index (Phi) is 5.32. The largest absolute Gasteiger partial charge is 0.376 e. The van der Waals surface area contributed by atoms with E-state index in [4.69, 9.17) is 0 Å².